The number of nitrogens with one attached hydrogen (secondary N) is 2. The van der Waals surface area contributed by atoms with E-state index >= 15 is 0 Å². The number of alkyl carbamates (subject to hydrolysis) is 1. The molecule has 0 aliphatic rings. The van der Waals surface area contributed by atoms with Crippen molar-refractivity contribution >= 4 is 36.5 Å². The van der Waals surface area contributed by atoms with Gasteiger partial charge in [0.05, 0.1) is 6.07 Å². The molecule has 0 heterocycles. The Morgan fingerprint density at radius 2 is 1.50 bits per heavy atom. The maximum Gasteiger partial charge on any atom is 0.408 e. The van der Waals surface area contributed by atoms with Crippen molar-refractivity contribution in [2.75, 3.05) is 12.3 Å². The summed E-state index contributed by atoms with van der Waals surface area (Å²) in [5.41, 5.74) is -0.0567. The van der Waals surface area contributed by atoms with Crippen molar-refractivity contribution in [3.63, 3.8) is 0 Å². The Morgan fingerprint density at radius 3 is 2.00 bits per heavy atom. The molecule has 0 aromatic heterocycles. The molecule has 0 fully saturated rings. The molecule has 0 saturated carbocycles. The van der Waals surface area contributed by atoms with Crippen LogP contribution in [0.4, 0.5) is 4.79 Å². The van der Waals surface area contributed by atoms with Gasteiger partial charge in [-0.1, -0.05) is 48.4 Å². The first-order valence-corrected chi connectivity index (χ1v) is 14.6. The average molecular weight is 621 g/mol. The second-order valence-electron chi connectivity index (χ2n) is 12.0. The van der Waals surface area contributed by atoms with Crippen molar-refractivity contribution in [3.05, 3.63) is 71.3 Å². The molecule has 3 atom stereocenters. The molecule has 0 spiro atoms. The fourth-order valence-corrected chi connectivity index (χ4v) is 4.36. The molecule has 0 bridgehead atoms. The second kappa shape index (κ2) is 15.8. The molecule has 0 radical (unpaired) electrons. The molecule has 0 aliphatic carbocycles. The fraction of sp³-hybridized carbons (Fsp3) is 0.424. The molecule has 0 saturated heterocycles. The topological polar surface area (TPSA) is 138 Å². The van der Waals surface area contributed by atoms with E-state index in [-0.39, 0.29) is 12.2 Å². The summed E-state index contributed by atoms with van der Waals surface area (Å²) < 4.78 is 10.9. The molecule has 3 unspecified atom stereocenters. The zero-order valence-electron chi connectivity index (χ0n) is 25.9. The molecule has 2 rings (SSSR count). The lowest BCUT2D eigenvalue weighted by Crippen LogP contribution is -2.55. The number of ether oxygens (including phenoxy) is 2. The summed E-state index contributed by atoms with van der Waals surface area (Å²) in [4.78, 5) is 54.8. The number of amides is 3. The minimum absolute atomic E-state index is 0.107. The van der Waals surface area contributed by atoms with Crippen LogP contribution in [0.25, 0.3) is 0 Å². The Kier molecular flexibility index (Phi) is 12.9. The Bertz CT molecular complexity index is 1390. The van der Waals surface area contributed by atoms with Gasteiger partial charge in [-0.2, -0.15) is 17.9 Å². The van der Waals surface area contributed by atoms with Crippen molar-refractivity contribution < 1.29 is 28.7 Å². The summed E-state index contributed by atoms with van der Waals surface area (Å²) in [6.45, 7) is 9.62. The van der Waals surface area contributed by atoms with Gasteiger partial charge in [0.2, 0.25) is 11.8 Å². The van der Waals surface area contributed by atoms with E-state index < -0.39 is 59.7 Å². The monoisotopic (exact) mass is 620 g/mol. The number of nitrogens with zero attached hydrogens (tertiary/aromatic N) is 2. The predicted octanol–water partition coefficient (Wildman–Crippen LogP) is 3.95. The van der Waals surface area contributed by atoms with Gasteiger partial charge in [-0.15, -0.1) is 6.42 Å². The predicted molar refractivity (Wildman–Crippen MR) is 169 cm³/mol. The highest BCUT2D eigenvalue weighted by Crippen LogP contribution is 2.24. The zero-order chi connectivity index (χ0) is 33.1. The number of carbonyl (C=O) groups is 4. The lowest BCUT2D eigenvalue weighted by molar-refractivity contribution is -0.159. The molecule has 0 aliphatic heterocycles. The van der Waals surface area contributed by atoms with Crippen LogP contribution in [0, 0.1) is 23.7 Å². The molecule has 11 heteroatoms. The fourth-order valence-electron chi connectivity index (χ4n) is 4.11. The van der Waals surface area contributed by atoms with E-state index in [4.69, 9.17) is 15.9 Å². The van der Waals surface area contributed by atoms with Gasteiger partial charge in [-0.25, -0.2) is 9.59 Å². The van der Waals surface area contributed by atoms with Crippen molar-refractivity contribution in [2.45, 2.75) is 77.3 Å². The van der Waals surface area contributed by atoms with Gasteiger partial charge in [0.25, 0.3) is 0 Å². The summed E-state index contributed by atoms with van der Waals surface area (Å²) in [5, 5.41) is 14.9. The Hall–Kier alpha value is -4.48. The Morgan fingerprint density at radius 1 is 0.909 bits per heavy atom. The first-order valence-electron chi connectivity index (χ1n) is 14.0. The van der Waals surface area contributed by atoms with E-state index in [9.17, 15) is 24.4 Å². The highest BCUT2D eigenvalue weighted by atomic mass is 32.1. The van der Waals surface area contributed by atoms with E-state index in [1.165, 1.54) is 0 Å². The maximum atomic E-state index is 14.1. The van der Waals surface area contributed by atoms with Gasteiger partial charge in [-0.05, 0) is 64.8 Å². The van der Waals surface area contributed by atoms with Crippen molar-refractivity contribution in [1.82, 2.24) is 15.5 Å². The van der Waals surface area contributed by atoms with Crippen LogP contribution < -0.4 is 10.6 Å². The van der Waals surface area contributed by atoms with Gasteiger partial charge in [0, 0.05) is 17.7 Å². The van der Waals surface area contributed by atoms with Crippen LogP contribution >= 0.6 is 12.6 Å². The van der Waals surface area contributed by atoms with Crippen LogP contribution in [-0.4, -0.2) is 64.4 Å². The molecule has 234 valence electrons. The minimum atomic E-state index is -1.39. The molecular weight excluding hydrogens is 580 g/mol. The van der Waals surface area contributed by atoms with Crippen LogP contribution in [0.5, 0.6) is 0 Å². The number of thiol groups is 1. The van der Waals surface area contributed by atoms with E-state index in [2.05, 4.69) is 29.2 Å². The lowest BCUT2D eigenvalue weighted by atomic mass is 10.00. The summed E-state index contributed by atoms with van der Waals surface area (Å²) >= 11 is 4.23. The number of carbonyl (C=O) groups excluding carboxylic acids is 4. The third-order valence-corrected chi connectivity index (χ3v) is 6.30. The van der Waals surface area contributed by atoms with E-state index in [0.29, 0.717) is 11.1 Å². The van der Waals surface area contributed by atoms with Crippen LogP contribution in [0.15, 0.2) is 54.6 Å². The van der Waals surface area contributed by atoms with E-state index in [0.717, 1.165) is 10.5 Å². The van der Waals surface area contributed by atoms with Crippen LogP contribution in [0.1, 0.15) is 64.3 Å². The van der Waals surface area contributed by atoms with Crippen molar-refractivity contribution in [2.24, 2.45) is 0 Å². The maximum absolute atomic E-state index is 14.1. The van der Waals surface area contributed by atoms with Gasteiger partial charge >= 0.3 is 12.1 Å². The Balaban J connectivity index is 2.55. The van der Waals surface area contributed by atoms with E-state index in [1.807, 2.05) is 36.4 Å². The molecule has 2 aromatic rings. The molecule has 10 nitrogen and oxygen atoms in total. The second-order valence-corrected chi connectivity index (χ2v) is 12.3. The minimum Gasteiger partial charge on any atom is -0.458 e. The highest BCUT2D eigenvalue weighted by Gasteiger charge is 2.38. The normalized spacial score (nSPS) is 13.2. The van der Waals surface area contributed by atoms with Crippen LogP contribution in [0.3, 0.4) is 0 Å². The van der Waals surface area contributed by atoms with Gasteiger partial charge < -0.3 is 25.0 Å². The SMILES string of the molecule is C#Cc1ccc(C(C(=O)NC(Cc2ccccc2)C(=O)OC(C)(C)C)N(CC#N)C(=O)C(CS)NC(=O)OC(C)(C)C)cc1. The standard InChI is InChI=1S/C33H40N4O6S/c1-8-22-14-16-24(17-15-22)27(37(19-18-34)29(39)26(21-44)36-31(41)43-33(5,6)7)28(38)35-25(30(40)42-32(2,3)4)20-23-12-10-9-11-13-23/h1,9-17,25-27,44H,19-21H2,2-7H3,(H,35,38)(H,36,41). The quantitative estimate of drug-likeness (QED) is 0.150. The molecule has 2 aromatic carbocycles. The molecule has 2 N–H and O–H groups in total. The summed E-state index contributed by atoms with van der Waals surface area (Å²) in [5.74, 6) is 0.166. The third-order valence-electron chi connectivity index (χ3n) is 5.94. The number of esters is 1. The third kappa shape index (κ3) is 11.3. The number of nitriles is 1. The number of rotatable bonds is 11. The van der Waals surface area contributed by atoms with Gasteiger partial charge in [-0.3, -0.25) is 9.59 Å². The summed E-state index contributed by atoms with van der Waals surface area (Å²) in [6.07, 6.45) is 4.75. The largest absolute Gasteiger partial charge is 0.458 e. The lowest BCUT2D eigenvalue weighted by Gasteiger charge is -2.33. The number of benzene rings is 2. The molecule has 3 amide bonds. The highest BCUT2D eigenvalue weighted by molar-refractivity contribution is 7.80. The first-order chi connectivity index (χ1) is 20.6. The van der Waals surface area contributed by atoms with Gasteiger partial charge in [0.1, 0.15) is 35.9 Å². The molecule has 44 heavy (non-hydrogen) atoms. The van der Waals surface area contributed by atoms with Crippen molar-refractivity contribution in [1.29, 1.82) is 5.26 Å². The average Bonchev–Trinajstić information content (AvgIpc) is 2.94. The summed E-state index contributed by atoms with van der Waals surface area (Å²) in [6, 6.07) is 13.5. The van der Waals surface area contributed by atoms with Crippen LogP contribution in [0.2, 0.25) is 0 Å². The number of hydrogen-bond donors (Lipinski definition) is 3. The molecular formula is C33H40N4O6S. The zero-order valence-corrected chi connectivity index (χ0v) is 26.8. The van der Waals surface area contributed by atoms with E-state index in [1.54, 1.807) is 65.8 Å². The first kappa shape index (κ1) is 35.7. The smallest absolute Gasteiger partial charge is 0.408 e. The van der Waals surface area contributed by atoms with Gasteiger partial charge in [0.15, 0.2) is 0 Å². The van der Waals surface area contributed by atoms with Crippen molar-refractivity contribution in [3.8, 4) is 18.4 Å². The summed E-state index contributed by atoms with van der Waals surface area (Å²) in [7, 11) is 0. The van der Waals surface area contributed by atoms with Crippen LogP contribution in [-0.2, 0) is 30.3 Å². The Labute approximate surface area is 264 Å². The number of hydrogen-bond acceptors (Lipinski definition) is 8. The number of terminal acetylenes is 1.